The summed E-state index contributed by atoms with van der Waals surface area (Å²) in [6.45, 7) is 12.0. The molecule has 3 N–H and O–H groups in total. The number of phosphoric acid groups is 2. The minimum Gasteiger partial charge on any atom is -0.462 e. The van der Waals surface area contributed by atoms with Gasteiger partial charge in [0.15, 0.2) is 12.2 Å². The van der Waals surface area contributed by atoms with Crippen molar-refractivity contribution in [1.29, 1.82) is 0 Å². The van der Waals surface area contributed by atoms with Gasteiger partial charge in [0.2, 0.25) is 0 Å². The fraction of sp³-hybridized carbons (Fsp3) is 0.954. The molecule has 17 nitrogen and oxygen atoms in total. The van der Waals surface area contributed by atoms with Crippen LogP contribution in [0.4, 0.5) is 0 Å². The number of hydrogen-bond donors (Lipinski definition) is 3. The summed E-state index contributed by atoms with van der Waals surface area (Å²) in [6.07, 6.45) is 68.2. The summed E-state index contributed by atoms with van der Waals surface area (Å²) in [5.41, 5.74) is 0. The molecule has 630 valence electrons. The van der Waals surface area contributed by atoms with E-state index in [2.05, 4.69) is 48.5 Å². The third kappa shape index (κ3) is 77.4. The molecule has 0 spiro atoms. The molecule has 0 aromatic carbocycles. The van der Waals surface area contributed by atoms with Crippen LogP contribution in [0.3, 0.4) is 0 Å². The van der Waals surface area contributed by atoms with Gasteiger partial charge in [-0.25, -0.2) is 9.13 Å². The summed E-state index contributed by atoms with van der Waals surface area (Å²) in [4.78, 5) is 73.2. The van der Waals surface area contributed by atoms with Crippen LogP contribution in [0.2, 0.25) is 0 Å². The fourth-order valence-electron chi connectivity index (χ4n) is 13.5. The highest BCUT2D eigenvalue weighted by Gasteiger charge is 2.31. The molecule has 4 unspecified atom stereocenters. The Morgan fingerprint density at radius 3 is 0.717 bits per heavy atom. The maximum Gasteiger partial charge on any atom is 0.472 e. The van der Waals surface area contributed by atoms with Gasteiger partial charge in [0.05, 0.1) is 26.4 Å². The van der Waals surface area contributed by atoms with Crippen LogP contribution < -0.4 is 0 Å². The van der Waals surface area contributed by atoms with E-state index in [4.69, 9.17) is 37.0 Å². The maximum atomic E-state index is 13.2. The molecule has 0 aliphatic heterocycles. The number of aliphatic hydroxyl groups is 1. The SMILES string of the molecule is CCCCCCCCCCCCCCCCCCCCCCCC(=O)O[C@H](COC(=O)CCCCCCCCCCCCCCCCC(C)CC)COP(=O)(O)OC[C@@H](O)COP(=O)(O)OC[C@@H](COC(=O)CCCCCCCCC(C)C)OC(=O)CCCCCCCCCCCCCCCCC(C)CC. The molecule has 0 aromatic heterocycles. The van der Waals surface area contributed by atoms with Crippen LogP contribution in [0.15, 0.2) is 0 Å². The van der Waals surface area contributed by atoms with Gasteiger partial charge in [-0.15, -0.1) is 0 Å². The van der Waals surface area contributed by atoms with Crippen molar-refractivity contribution in [2.24, 2.45) is 17.8 Å². The molecule has 0 bridgehead atoms. The van der Waals surface area contributed by atoms with Gasteiger partial charge in [-0.3, -0.25) is 37.3 Å². The van der Waals surface area contributed by atoms with Crippen LogP contribution in [0.25, 0.3) is 0 Å². The van der Waals surface area contributed by atoms with Crippen LogP contribution in [0, 0.1) is 17.8 Å². The average Bonchev–Trinajstić information content (AvgIpc) is 0.913. The van der Waals surface area contributed by atoms with E-state index in [1.165, 1.54) is 263 Å². The lowest BCUT2D eigenvalue weighted by molar-refractivity contribution is -0.161. The minimum absolute atomic E-state index is 0.107. The molecule has 7 atom stereocenters. The van der Waals surface area contributed by atoms with Crippen molar-refractivity contribution in [3.63, 3.8) is 0 Å². The molecule has 0 fully saturated rings. The Bertz CT molecular complexity index is 2050. The van der Waals surface area contributed by atoms with E-state index in [1.807, 2.05) is 0 Å². The van der Waals surface area contributed by atoms with Gasteiger partial charge < -0.3 is 33.8 Å². The van der Waals surface area contributed by atoms with E-state index in [9.17, 15) is 43.2 Å². The van der Waals surface area contributed by atoms with Crippen LogP contribution in [0.1, 0.15) is 459 Å². The molecule has 0 amide bonds. The van der Waals surface area contributed by atoms with E-state index in [0.717, 1.165) is 108 Å². The number of rotatable bonds is 85. The van der Waals surface area contributed by atoms with Crippen molar-refractivity contribution < 1.29 is 80.2 Å². The second kappa shape index (κ2) is 77.0. The van der Waals surface area contributed by atoms with E-state index < -0.39 is 97.5 Å². The normalized spacial score (nSPS) is 14.4. The smallest absolute Gasteiger partial charge is 0.462 e. The van der Waals surface area contributed by atoms with Crippen molar-refractivity contribution in [3.05, 3.63) is 0 Å². The summed E-state index contributed by atoms with van der Waals surface area (Å²) in [7, 11) is -9.93. The first kappa shape index (κ1) is 104. The number of unbranched alkanes of at least 4 members (excludes halogenated alkanes) is 51. The Hall–Kier alpha value is -1.94. The Morgan fingerprint density at radius 1 is 0.274 bits per heavy atom. The van der Waals surface area contributed by atoms with Crippen molar-refractivity contribution in [1.82, 2.24) is 0 Å². The number of phosphoric ester groups is 2. The lowest BCUT2D eigenvalue weighted by Crippen LogP contribution is -2.30. The van der Waals surface area contributed by atoms with Crippen LogP contribution in [-0.4, -0.2) is 96.7 Å². The molecule has 0 saturated carbocycles. The molecule has 0 aliphatic rings. The molecule has 0 radical (unpaired) electrons. The molecule has 0 rings (SSSR count). The molecule has 0 saturated heterocycles. The van der Waals surface area contributed by atoms with Gasteiger partial charge >= 0.3 is 39.5 Å². The Labute approximate surface area is 651 Å². The zero-order valence-corrected chi connectivity index (χ0v) is 71.7. The van der Waals surface area contributed by atoms with E-state index in [-0.39, 0.29) is 25.7 Å². The molecular formula is C87H170O17P2. The minimum atomic E-state index is -4.97. The zero-order chi connectivity index (χ0) is 77.9. The maximum absolute atomic E-state index is 13.2. The predicted molar refractivity (Wildman–Crippen MR) is 437 cm³/mol. The van der Waals surface area contributed by atoms with Crippen molar-refractivity contribution in [3.8, 4) is 0 Å². The lowest BCUT2D eigenvalue weighted by Gasteiger charge is -2.21. The zero-order valence-electron chi connectivity index (χ0n) is 69.9. The molecule has 0 heterocycles. The van der Waals surface area contributed by atoms with Gasteiger partial charge in [-0.2, -0.15) is 0 Å². The quantitative estimate of drug-likeness (QED) is 0.0222. The number of aliphatic hydroxyl groups excluding tert-OH is 1. The highest BCUT2D eigenvalue weighted by molar-refractivity contribution is 7.47. The Balaban J connectivity index is 5.21. The first-order chi connectivity index (χ1) is 51.3. The second-order valence-electron chi connectivity index (χ2n) is 32.2. The first-order valence-corrected chi connectivity index (χ1v) is 47.9. The molecule has 0 aliphatic carbocycles. The summed E-state index contributed by atoms with van der Waals surface area (Å²) in [5.74, 6) is 0.269. The molecule has 19 heteroatoms. The van der Waals surface area contributed by atoms with Crippen LogP contribution >= 0.6 is 15.6 Å². The fourth-order valence-corrected chi connectivity index (χ4v) is 15.1. The molecule has 0 aromatic rings. The van der Waals surface area contributed by atoms with E-state index in [0.29, 0.717) is 31.6 Å². The van der Waals surface area contributed by atoms with E-state index >= 15 is 0 Å². The Morgan fingerprint density at radius 2 is 0.481 bits per heavy atom. The topological polar surface area (TPSA) is 237 Å². The highest BCUT2D eigenvalue weighted by Crippen LogP contribution is 2.45. The largest absolute Gasteiger partial charge is 0.472 e. The van der Waals surface area contributed by atoms with Crippen molar-refractivity contribution in [2.75, 3.05) is 39.6 Å². The summed E-state index contributed by atoms with van der Waals surface area (Å²) < 4.78 is 68.9. The monoisotopic (exact) mass is 1550 g/mol. The van der Waals surface area contributed by atoms with Crippen LogP contribution in [0.5, 0.6) is 0 Å². The number of esters is 4. The number of carbonyl (C=O) groups is 4. The van der Waals surface area contributed by atoms with Crippen molar-refractivity contribution in [2.45, 2.75) is 478 Å². The number of hydrogen-bond acceptors (Lipinski definition) is 15. The highest BCUT2D eigenvalue weighted by atomic mass is 31.2. The van der Waals surface area contributed by atoms with Gasteiger partial charge in [-0.1, -0.05) is 408 Å². The Kier molecular flexibility index (Phi) is 75.6. The summed E-state index contributed by atoms with van der Waals surface area (Å²) >= 11 is 0. The van der Waals surface area contributed by atoms with E-state index in [1.54, 1.807) is 0 Å². The van der Waals surface area contributed by atoms with Crippen LogP contribution in [-0.2, 0) is 65.4 Å². The van der Waals surface area contributed by atoms with Gasteiger partial charge in [0, 0.05) is 25.7 Å². The van der Waals surface area contributed by atoms with Gasteiger partial charge in [-0.05, 0) is 43.4 Å². The standard InChI is InChI=1S/C87H170O17P2/c1-8-11-12-13-14-15-16-17-18-19-20-21-22-23-24-32-37-42-47-56-63-70-86(91)103-82(74-97-84(89)68-61-54-46-41-36-31-27-25-29-34-39-44-52-59-66-79(6)9-2)76-101-105(93,94)99-72-81(88)73-100-106(95,96)102-77-83(75-98-85(90)69-62-55-50-49-51-58-65-78(4)5)104-87(92)71-64-57-48-43-38-33-28-26-30-35-40-45-53-60-67-80(7)10-3/h78-83,88H,8-77H2,1-7H3,(H,93,94)(H,95,96)/t79?,80?,81-,82-,83-/m1/s1. The average molecular weight is 1550 g/mol. The third-order valence-electron chi connectivity index (χ3n) is 21.1. The van der Waals surface area contributed by atoms with Gasteiger partial charge in [0.25, 0.3) is 0 Å². The predicted octanol–water partition coefficient (Wildman–Crippen LogP) is 26.5. The van der Waals surface area contributed by atoms with Crippen molar-refractivity contribution >= 4 is 39.5 Å². The molecule has 106 heavy (non-hydrogen) atoms. The second-order valence-corrected chi connectivity index (χ2v) is 35.1. The summed E-state index contributed by atoms with van der Waals surface area (Å²) in [5, 5.41) is 10.7. The third-order valence-corrected chi connectivity index (χ3v) is 23.0. The summed E-state index contributed by atoms with van der Waals surface area (Å²) in [6, 6.07) is 0. The van der Waals surface area contributed by atoms with Gasteiger partial charge in [0.1, 0.15) is 19.3 Å². The first-order valence-electron chi connectivity index (χ1n) is 44.9. The lowest BCUT2D eigenvalue weighted by atomic mass is 9.99. The molecular weight excluding hydrogens is 1380 g/mol. The number of carbonyl (C=O) groups excluding carboxylic acids is 4. The number of ether oxygens (including phenoxy) is 4.